The summed E-state index contributed by atoms with van der Waals surface area (Å²) >= 11 is 0. The molecule has 0 radical (unpaired) electrons. The second-order valence-electron chi connectivity index (χ2n) is 26.4. The standard InChI is InChI=1S/C67H92N4O9/c1-5-44-18-20-49-50(16-11-31-72)52-17-9-27-67(52)48-37-54(71-62(69-3)70-30-10-15-46-14-8-26-66(46,59(75)23-21-53(67)51(49)35-44)39-45-19-22-55(74)56(36-45)77-4)61-57(38-48)80-64(43-68-2)40-58-63(42-64,41-60(76)78-33-12-32-73)28-24-47-13-6-7-25-65(47,58)29-34-79-61/h19,21-23,36-38,44,46-47,49-53,58,60,68,72-74,76H,5-9,11-18,20,24-28,31-33,35,39-43H2,1-4H3,(H2,69,70,71)/b23-21+/t44-,46-,47+,49-,50+,51+,52-,53-,58-,60-,63-,64+,65+,66+,67+/m1/s1. The Bertz CT molecular complexity index is 2760. The van der Waals surface area contributed by atoms with Crippen molar-refractivity contribution in [2.45, 2.75) is 178 Å². The quantitative estimate of drug-likeness (QED) is 0.0510. The molecular formula is C67H92N4O9. The summed E-state index contributed by atoms with van der Waals surface area (Å²) in [5.41, 5.74) is 0.355. The van der Waals surface area contributed by atoms with Crippen LogP contribution in [0.25, 0.3) is 0 Å². The highest BCUT2D eigenvalue weighted by atomic mass is 16.6. The third kappa shape index (κ3) is 10.2. The topological polar surface area (TPSA) is 183 Å². The number of likely N-dealkylation sites (N-methyl/N-ethyl adjacent to an activating group) is 1. The highest BCUT2D eigenvalue weighted by molar-refractivity contribution is 5.97. The molecule has 0 aromatic heterocycles. The Morgan fingerprint density at radius 1 is 0.963 bits per heavy atom. The van der Waals surface area contributed by atoms with Gasteiger partial charge in [0.1, 0.15) is 11.7 Å². The molecule has 2 aliphatic heterocycles. The van der Waals surface area contributed by atoms with Gasteiger partial charge in [-0.1, -0.05) is 69.4 Å². The molecule has 2 aromatic carbocycles. The number of aliphatic hydroxyl groups is 3. The Labute approximate surface area is 476 Å². The average molecular weight is 1100 g/mol. The number of aromatic hydroxyl groups is 1. The second-order valence-corrected chi connectivity index (χ2v) is 26.4. The smallest absolute Gasteiger partial charge is 0.207 e. The molecule has 15 atom stereocenters. The average Bonchev–Trinajstić information content (AvgIpc) is 4.21. The summed E-state index contributed by atoms with van der Waals surface area (Å²) in [5, 5.41) is 53.4. The summed E-state index contributed by atoms with van der Waals surface area (Å²) in [7, 11) is 5.35. The minimum Gasteiger partial charge on any atom is -0.504 e. The van der Waals surface area contributed by atoms with E-state index in [0.29, 0.717) is 104 Å². The van der Waals surface area contributed by atoms with Crippen molar-refractivity contribution in [2.24, 2.45) is 74.5 Å². The van der Waals surface area contributed by atoms with Crippen LogP contribution in [0.5, 0.6) is 23.0 Å². The Kier molecular flexibility index (Phi) is 17.0. The molecule has 7 N–H and O–H groups in total. The molecule has 7 fully saturated rings. The van der Waals surface area contributed by atoms with Crippen LogP contribution in [0.15, 0.2) is 47.5 Å². The number of phenolic OH excluding ortho intramolecular Hbond substituents is 1. The number of ether oxygens (including phenoxy) is 4. The third-order valence-electron chi connectivity index (χ3n) is 22.8. The van der Waals surface area contributed by atoms with Gasteiger partial charge < -0.3 is 50.0 Å². The number of guanidine groups is 1. The van der Waals surface area contributed by atoms with Gasteiger partial charge in [-0.3, -0.25) is 15.1 Å². The minimum absolute atomic E-state index is 0.000452. The predicted molar refractivity (Wildman–Crippen MR) is 311 cm³/mol. The van der Waals surface area contributed by atoms with Gasteiger partial charge in [0.15, 0.2) is 29.3 Å². The summed E-state index contributed by atoms with van der Waals surface area (Å²) < 4.78 is 26.7. The van der Waals surface area contributed by atoms with E-state index in [1.807, 2.05) is 25.3 Å². The molecule has 2 heterocycles. The number of fused-ring (bicyclic) bond motifs is 8. The number of aliphatic imine (C=N–C) groups is 1. The first-order valence-corrected chi connectivity index (χ1v) is 31.2. The minimum atomic E-state index is -0.986. The van der Waals surface area contributed by atoms with Gasteiger partial charge in [0, 0.05) is 61.9 Å². The fourth-order valence-corrected chi connectivity index (χ4v) is 19.6. The predicted octanol–water partition coefficient (Wildman–Crippen LogP) is 10.6. The van der Waals surface area contributed by atoms with Crippen molar-refractivity contribution in [1.29, 1.82) is 0 Å². The number of nitrogens with one attached hydrogen (secondary N) is 3. The lowest BCUT2D eigenvalue weighted by atomic mass is 9.45. The van der Waals surface area contributed by atoms with Crippen molar-refractivity contribution in [3.05, 3.63) is 53.6 Å². The van der Waals surface area contributed by atoms with E-state index in [2.05, 4.69) is 65.1 Å². The third-order valence-corrected chi connectivity index (χ3v) is 22.8. The maximum absolute atomic E-state index is 15.9. The number of allylic oxidation sites excluding steroid dienone is 2. The van der Waals surface area contributed by atoms with E-state index in [0.717, 1.165) is 115 Å². The van der Waals surface area contributed by atoms with E-state index in [1.54, 1.807) is 20.2 Å². The monoisotopic (exact) mass is 1100 g/mol. The van der Waals surface area contributed by atoms with Crippen LogP contribution in [0, 0.1) is 93.5 Å². The SMILES string of the molecule is CC[C@@H]1CC[C@H]2[C@H](C1)[C@H]1/C=C/C(=O)[C@]3(Cc4ccc(O)c(OC)c4)CCC[C@@H]3CC#CNC(=NC)Nc3cc(cc4c3OC#C[C@@]35CCCC[C@H]3CC[C@@]3(C[C@H](O)OCCCO)C[C@](CNC)(C[C@H]35)O4)[C@]13CCC[C@@H]3[C@H]2CCCO. The van der Waals surface area contributed by atoms with Gasteiger partial charge >= 0.3 is 0 Å². The van der Waals surface area contributed by atoms with Crippen LogP contribution in [0.2, 0.25) is 0 Å². The summed E-state index contributed by atoms with van der Waals surface area (Å²) in [6.07, 6.45) is 28.5. The molecule has 9 aliphatic rings. The van der Waals surface area contributed by atoms with E-state index in [9.17, 15) is 20.4 Å². The zero-order valence-electron chi connectivity index (χ0n) is 48.4. The van der Waals surface area contributed by atoms with Gasteiger partial charge in [-0.25, -0.2) is 0 Å². The molecule has 13 nitrogen and oxygen atoms in total. The number of carbonyl (C=O) groups is 1. The molecule has 7 saturated carbocycles. The van der Waals surface area contributed by atoms with E-state index < -0.39 is 22.7 Å². The number of anilines is 1. The Hall–Kier alpha value is -4.76. The molecule has 0 saturated heterocycles. The number of carbonyl (C=O) groups excluding carboxylic acids is 1. The maximum Gasteiger partial charge on any atom is 0.207 e. The van der Waals surface area contributed by atoms with E-state index in [1.165, 1.54) is 18.4 Å². The van der Waals surface area contributed by atoms with Crippen molar-refractivity contribution in [3.8, 4) is 47.0 Å². The zero-order chi connectivity index (χ0) is 55.7. The lowest BCUT2D eigenvalue weighted by Crippen LogP contribution is -2.55. The second kappa shape index (κ2) is 23.8. The number of methoxy groups -OCH3 is 1. The zero-order valence-corrected chi connectivity index (χ0v) is 48.4. The summed E-state index contributed by atoms with van der Waals surface area (Å²) in [4.78, 5) is 20.7. The fourth-order valence-electron chi connectivity index (χ4n) is 19.6. The van der Waals surface area contributed by atoms with E-state index in [4.69, 9.17) is 23.9 Å². The van der Waals surface area contributed by atoms with Gasteiger partial charge in [0.05, 0.1) is 19.4 Å². The fraction of sp³-hybridized carbons (Fsp3) is 0.701. The van der Waals surface area contributed by atoms with Gasteiger partial charge in [-0.15, -0.1) is 0 Å². The molecule has 4 bridgehead atoms. The molecule has 80 heavy (non-hydrogen) atoms. The molecule has 13 heteroatoms. The number of phenols is 1. The molecule has 434 valence electrons. The molecule has 11 rings (SSSR count). The van der Waals surface area contributed by atoms with Gasteiger partial charge in [-0.05, 0) is 210 Å². The van der Waals surface area contributed by atoms with Crippen LogP contribution in [0.1, 0.15) is 166 Å². The Morgan fingerprint density at radius 2 is 1.81 bits per heavy atom. The largest absolute Gasteiger partial charge is 0.504 e. The molecular weight excluding hydrogens is 1000 g/mol. The highest BCUT2D eigenvalue weighted by Gasteiger charge is 2.67. The Balaban J connectivity index is 1.11. The number of hydrogen-bond acceptors (Lipinski definition) is 11. The number of rotatable bonds is 15. The number of benzene rings is 2. The van der Waals surface area contributed by atoms with Crippen LogP contribution in [-0.4, -0.2) is 91.6 Å². The van der Waals surface area contributed by atoms with Gasteiger partial charge in [-0.2, -0.15) is 0 Å². The first-order valence-electron chi connectivity index (χ1n) is 31.2. The summed E-state index contributed by atoms with van der Waals surface area (Å²) in [5.74, 6) is 12.2. The van der Waals surface area contributed by atoms with Crippen LogP contribution < -0.4 is 30.2 Å². The number of nitrogens with zero attached hydrogens (tertiary/aromatic N) is 1. The van der Waals surface area contributed by atoms with Gasteiger partial charge in [0.25, 0.3) is 0 Å². The molecule has 7 aliphatic carbocycles. The normalized spacial score (nSPS) is 38.1. The van der Waals surface area contributed by atoms with E-state index in [-0.39, 0.29) is 59.2 Å². The highest BCUT2D eigenvalue weighted by Crippen LogP contribution is 2.71. The number of ketones is 1. The van der Waals surface area contributed by atoms with Crippen molar-refractivity contribution in [2.75, 3.05) is 52.9 Å². The molecule has 2 aromatic rings. The van der Waals surface area contributed by atoms with Crippen LogP contribution >= 0.6 is 0 Å². The molecule has 0 unspecified atom stereocenters. The van der Waals surface area contributed by atoms with Crippen LogP contribution in [0.4, 0.5) is 5.69 Å². The number of hydrogen-bond donors (Lipinski definition) is 7. The first kappa shape index (κ1) is 57.1. The van der Waals surface area contributed by atoms with E-state index >= 15 is 4.79 Å². The lowest BCUT2D eigenvalue weighted by molar-refractivity contribution is -0.150. The Morgan fingerprint density at radius 3 is 2.62 bits per heavy atom. The van der Waals surface area contributed by atoms with Crippen LogP contribution in [0.3, 0.4) is 0 Å². The van der Waals surface area contributed by atoms with Crippen molar-refractivity contribution < 1.29 is 44.2 Å². The van der Waals surface area contributed by atoms with Crippen LogP contribution in [-0.2, 0) is 21.4 Å². The first-order chi connectivity index (χ1) is 38.9. The summed E-state index contributed by atoms with van der Waals surface area (Å²) in [6, 6.07) is 13.4. The molecule has 0 amide bonds. The molecule has 2 spiro atoms. The van der Waals surface area contributed by atoms with Crippen molar-refractivity contribution in [3.63, 3.8) is 0 Å². The van der Waals surface area contributed by atoms with Gasteiger partial charge in [0.2, 0.25) is 11.7 Å². The van der Waals surface area contributed by atoms with Crippen molar-refractivity contribution >= 4 is 17.4 Å². The number of aliphatic hydroxyl groups excluding tert-OH is 3. The summed E-state index contributed by atoms with van der Waals surface area (Å²) in [6.45, 7) is 3.39. The van der Waals surface area contributed by atoms with Crippen molar-refractivity contribution in [1.82, 2.24) is 10.6 Å². The lowest BCUT2D eigenvalue weighted by Gasteiger charge is -2.59. The maximum atomic E-state index is 15.9.